The Balaban J connectivity index is 1.43. The van der Waals surface area contributed by atoms with E-state index in [2.05, 4.69) is 31.3 Å². The lowest BCUT2D eigenvalue weighted by Crippen LogP contribution is -2.45. The third-order valence-corrected chi connectivity index (χ3v) is 8.85. The number of benzene rings is 1. The first kappa shape index (κ1) is 19.1. The van der Waals surface area contributed by atoms with Gasteiger partial charge in [0.2, 0.25) is 0 Å². The lowest BCUT2D eigenvalue weighted by molar-refractivity contribution is 0.127. The van der Waals surface area contributed by atoms with E-state index in [1.54, 1.807) is 6.20 Å². The van der Waals surface area contributed by atoms with Gasteiger partial charge in [-0.05, 0) is 43.0 Å². The van der Waals surface area contributed by atoms with Crippen molar-refractivity contribution in [2.75, 3.05) is 6.54 Å². The molecule has 158 valence electrons. The number of fused-ring (bicyclic) bond motifs is 5. The van der Waals surface area contributed by atoms with Crippen molar-refractivity contribution in [2.45, 2.75) is 48.3 Å². The van der Waals surface area contributed by atoms with Gasteiger partial charge in [0.1, 0.15) is 17.8 Å². The molecular formula is C21H24F2N6S. The summed E-state index contributed by atoms with van der Waals surface area (Å²) in [5.74, 6) is -0.370. The maximum Gasteiger partial charge on any atom is 0.130 e. The monoisotopic (exact) mass is 430 g/mol. The van der Waals surface area contributed by atoms with Crippen molar-refractivity contribution < 1.29 is 8.78 Å². The summed E-state index contributed by atoms with van der Waals surface area (Å²) < 4.78 is 29.7. The second kappa shape index (κ2) is 7.49. The Kier molecular flexibility index (Phi) is 4.76. The van der Waals surface area contributed by atoms with Crippen molar-refractivity contribution >= 4 is 11.8 Å². The van der Waals surface area contributed by atoms with Gasteiger partial charge in [0.15, 0.2) is 0 Å². The number of hydrogen-bond donors (Lipinski definition) is 3. The van der Waals surface area contributed by atoms with Crippen molar-refractivity contribution in [3.63, 3.8) is 0 Å². The lowest BCUT2D eigenvalue weighted by atomic mass is 9.81. The van der Waals surface area contributed by atoms with Gasteiger partial charge in [0.05, 0.1) is 17.2 Å². The van der Waals surface area contributed by atoms with Gasteiger partial charge in [-0.25, -0.2) is 19.6 Å². The van der Waals surface area contributed by atoms with E-state index in [-0.39, 0.29) is 35.2 Å². The molecule has 3 aliphatic heterocycles. The van der Waals surface area contributed by atoms with Gasteiger partial charge < -0.3 is 5.32 Å². The SMILES string of the molecule is Fc1cccc(F)c1C1NCC2NNC(c3cccnn3)N2C2SC3CCCC3C12. The van der Waals surface area contributed by atoms with Crippen molar-refractivity contribution in [2.24, 2.45) is 11.8 Å². The molecule has 7 unspecified atom stereocenters. The van der Waals surface area contributed by atoms with E-state index in [1.165, 1.54) is 31.0 Å². The van der Waals surface area contributed by atoms with Crippen molar-refractivity contribution in [1.82, 2.24) is 31.3 Å². The van der Waals surface area contributed by atoms with Crippen LogP contribution in [0.4, 0.5) is 8.78 Å². The van der Waals surface area contributed by atoms with Crippen LogP contribution < -0.4 is 16.2 Å². The van der Waals surface area contributed by atoms with Crippen LogP contribution in [0.25, 0.3) is 0 Å². The minimum absolute atomic E-state index is 0.00401. The predicted octanol–water partition coefficient (Wildman–Crippen LogP) is 2.69. The summed E-state index contributed by atoms with van der Waals surface area (Å²) in [6, 6.07) is 7.69. The highest BCUT2D eigenvalue weighted by atomic mass is 32.2. The molecule has 1 aromatic carbocycles. The molecule has 3 N–H and O–H groups in total. The van der Waals surface area contributed by atoms with Gasteiger partial charge >= 0.3 is 0 Å². The van der Waals surface area contributed by atoms with Crippen molar-refractivity contribution in [3.05, 3.63) is 59.4 Å². The number of rotatable bonds is 2. The minimum atomic E-state index is -0.462. The molecule has 0 radical (unpaired) electrons. The van der Waals surface area contributed by atoms with E-state index in [9.17, 15) is 8.78 Å². The summed E-state index contributed by atoms with van der Waals surface area (Å²) in [4.78, 5) is 2.41. The Morgan fingerprint density at radius 3 is 2.73 bits per heavy atom. The summed E-state index contributed by atoms with van der Waals surface area (Å²) in [6.45, 7) is 0.577. The van der Waals surface area contributed by atoms with Gasteiger partial charge in [0, 0.05) is 35.5 Å². The molecular weight excluding hydrogens is 406 g/mol. The summed E-state index contributed by atoms with van der Waals surface area (Å²) in [5.41, 5.74) is 7.77. The number of nitrogens with one attached hydrogen (secondary N) is 3. The molecule has 0 bridgehead atoms. The minimum Gasteiger partial charge on any atom is -0.306 e. The van der Waals surface area contributed by atoms with Crippen LogP contribution in [0.5, 0.6) is 0 Å². The Morgan fingerprint density at radius 2 is 1.93 bits per heavy atom. The maximum absolute atomic E-state index is 14.9. The molecule has 6 nitrogen and oxygen atoms in total. The number of aromatic nitrogens is 2. The Hall–Kier alpha value is -1.65. The van der Waals surface area contributed by atoms with Gasteiger partial charge in [-0.2, -0.15) is 10.2 Å². The number of halogens is 2. The van der Waals surface area contributed by atoms with E-state index < -0.39 is 11.6 Å². The fourth-order valence-electron chi connectivity index (χ4n) is 5.87. The van der Waals surface area contributed by atoms with Crippen LogP contribution in [0.3, 0.4) is 0 Å². The summed E-state index contributed by atoms with van der Waals surface area (Å²) in [5, 5.41) is 12.6. The highest BCUT2D eigenvalue weighted by Gasteiger charge is 2.57. The van der Waals surface area contributed by atoms with Crippen LogP contribution in [-0.2, 0) is 0 Å². The standard InChI is InChI=1S/C21H24F2N6S/c22-12-5-2-6-13(23)18(12)19-17-11-4-1-8-15(11)30-21(17)29-16(10-24-19)27-28-20(29)14-7-3-9-25-26-14/h2-3,5-7,9,11,15-17,19-21,24,27-28H,1,4,8,10H2. The van der Waals surface area contributed by atoms with Gasteiger partial charge in [-0.15, -0.1) is 11.8 Å². The molecule has 0 amide bonds. The fourth-order valence-corrected chi connectivity index (χ4v) is 8.00. The zero-order chi connectivity index (χ0) is 20.2. The molecule has 4 fully saturated rings. The highest BCUT2D eigenvalue weighted by Crippen LogP contribution is 2.58. The second-order valence-corrected chi connectivity index (χ2v) is 9.92. The van der Waals surface area contributed by atoms with Crippen LogP contribution in [0, 0.1) is 23.5 Å². The molecule has 4 heterocycles. The zero-order valence-electron chi connectivity index (χ0n) is 16.3. The normalized spacial score (nSPS) is 38.1. The molecule has 9 heteroatoms. The van der Waals surface area contributed by atoms with Gasteiger partial charge in [0.25, 0.3) is 0 Å². The maximum atomic E-state index is 14.9. The number of hydrogen-bond acceptors (Lipinski definition) is 7. The van der Waals surface area contributed by atoms with Crippen LogP contribution in [0.2, 0.25) is 0 Å². The summed E-state index contributed by atoms with van der Waals surface area (Å²) in [6.07, 6.45) is 5.00. The van der Waals surface area contributed by atoms with Crippen molar-refractivity contribution in [1.29, 1.82) is 0 Å². The Morgan fingerprint density at radius 1 is 1.07 bits per heavy atom. The number of thioether (sulfide) groups is 1. The summed E-state index contributed by atoms with van der Waals surface area (Å²) >= 11 is 1.98. The average molecular weight is 431 g/mol. The molecule has 1 saturated carbocycles. The van der Waals surface area contributed by atoms with E-state index in [0.29, 0.717) is 17.7 Å². The zero-order valence-corrected chi connectivity index (χ0v) is 17.2. The first-order valence-electron chi connectivity index (χ1n) is 10.6. The highest BCUT2D eigenvalue weighted by molar-refractivity contribution is 8.00. The smallest absolute Gasteiger partial charge is 0.130 e. The molecule has 4 aliphatic rings. The molecule has 7 atom stereocenters. The average Bonchev–Trinajstić information content (AvgIpc) is 3.43. The fraction of sp³-hybridized carbons (Fsp3) is 0.524. The van der Waals surface area contributed by atoms with E-state index >= 15 is 0 Å². The third-order valence-electron chi connectivity index (χ3n) is 7.08. The molecule has 3 saturated heterocycles. The lowest BCUT2D eigenvalue weighted by Gasteiger charge is -2.36. The number of nitrogens with zero attached hydrogens (tertiary/aromatic N) is 3. The predicted molar refractivity (Wildman–Crippen MR) is 110 cm³/mol. The quantitative estimate of drug-likeness (QED) is 0.677. The van der Waals surface area contributed by atoms with E-state index in [4.69, 9.17) is 0 Å². The first-order valence-corrected chi connectivity index (χ1v) is 11.6. The topological polar surface area (TPSA) is 65.1 Å². The second-order valence-electron chi connectivity index (χ2n) is 8.56. The van der Waals surface area contributed by atoms with Crippen LogP contribution in [0.15, 0.2) is 36.5 Å². The van der Waals surface area contributed by atoms with E-state index in [0.717, 1.165) is 12.1 Å². The Bertz CT molecular complexity index is 913. The molecule has 30 heavy (non-hydrogen) atoms. The third kappa shape index (κ3) is 2.90. The molecule has 1 aromatic heterocycles. The van der Waals surface area contributed by atoms with Crippen LogP contribution in [0.1, 0.15) is 42.7 Å². The van der Waals surface area contributed by atoms with Crippen LogP contribution >= 0.6 is 11.8 Å². The molecule has 6 rings (SSSR count). The van der Waals surface area contributed by atoms with Crippen molar-refractivity contribution in [3.8, 4) is 0 Å². The number of hydrazine groups is 1. The van der Waals surface area contributed by atoms with E-state index in [1.807, 2.05) is 23.9 Å². The molecule has 2 aromatic rings. The summed E-state index contributed by atoms with van der Waals surface area (Å²) in [7, 11) is 0. The Labute approximate surface area is 178 Å². The van der Waals surface area contributed by atoms with Crippen LogP contribution in [-0.4, -0.2) is 38.4 Å². The van der Waals surface area contributed by atoms with Gasteiger partial charge in [-0.1, -0.05) is 12.5 Å². The van der Waals surface area contributed by atoms with Gasteiger partial charge in [-0.3, -0.25) is 4.90 Å². The first-order chi connectivity index (χ1) is 14.7. The largest absolute Gasteiger partial charge is 0.306 e. The molecule has 1 aliphatic carbocycles. The molecule has 0 spiro atoms.